The summed E-state index contributed by atoms with van der Waals surface area (Å²) in [6, 6.07) is 21.1. The van der Waals surface area contributed by atoms with Crippen molar-refractivity contribution in [1.29, 1.82) is 0 Å². The second kappa shape index (κ2) is 10.1. The lowest BCUT2D eigenvalue weighted by Crippen LogP contribution is -2.09. The molecule has 0 bridgehead atoms. The van der Waals surface area contributed by atoms with Crippen LogP contribution in [0.25, 0.3) is 0 Å². The van der Waals surface area contributed by atoms with Crippen LogP contribution in [-0.4, -0.2) is 12.6 Å². The standard InChI is InChI=1S/C24H22Br2O3/c1-16(2)18-8-11-23(21(26)14-18)29-24(27)19-9-10-22(20(25)15-19)28-13-12-17-6-4-3-5-7-17/h3-11,14-16H,12-13H2,1-2H3. The maximum absolute atomic E-state index is 12.5. The summed E-state index contributed by atoms with van der Waals surface area (Å²) >= 11 is 6.97. The van der Waals surface area contributed by atoms with Crippen LogP contribution in [0.4, 0.5) is 0 Å². The van der Waals surface area contributed by atoms with Crippen LogP contribution in [0.3, 0.4) is 0 Å². The molecule has 3 rings (SSSR count). The molecule has 0 N–H and O–H groups in total. The zero-order valence-corrected chi connectivity index (χ0v) is 19.5. The second-order valence-corrected chi connectivity index (χ2v) is 8.67. The van der Waals surface area contributed by atoms with Gasteiger partial charge < -0.3 is 9.47 Å². The zero-order chi connectivity index (χ0) is 20.8. The van der Waals surface area contributed by atoms with Gasteiger partial charge in [-0.15, -0.1) is 0 Å². The van der Waals surface area contributed by atoms with E-state index in [9.17, 15) is 4.79 Å². The van der Waals surface area contributed by atoms with Crippen LogP contribution in [-0.2, 0) is 6.42 Å². The van der Waals surface area contributed by atoms with Gasteiger partial charge in [-0.25, -0.2) is 4.79 Å². The Balaban J connectivity index is 1.62. The number of hydrogen-bond acceptors (Lipinski definition) is 3. The summed E-state index contributed by atoms with van der Waals surface area (Å²) in [6.07, 6.45) is 0.817. The summed E-state index contributed by atoms with van der Waals surface area (Å²) in [5.41, 5.74) is 2.85. The Labute approximate surface area is 188 Å². The Morgan fingerprint density at radius 1 is 0.897 bits per heavy atom. The van der Waals surface area contributed by atoms with Gasteiger partial charge in [0.25, 0.3) is 0 Å². The molecule has 3 nitrogen and oxygen atoms in total. The van der Waals surface area contributed by atoms with Crippen LogP contribution in [0.15, 0.2) is 75.7 Å². The summed E-state index contributed by atoms with van der Waals surface area (Å²) in [6.45, 7) is 4.80. The van der Waals surface area contributed by atoms with Gasteiger partial charge in [0.2, 0.25) is 0 Å². The van der Waals surface area contributed by atoms with E-state index in [1.165, 1.54) is 11.1 Å². The van der Waals surface area contributed by atoms with Crippen molar-refractivity contribution in [3.05, 3.63) is 92.4 Å². The smallest absolute Gasteiger partial charge is 0.343 e. The van der Waals surface area contributed by atoms with E-state index in [1.54, 1.807) is 18.2 Å². The first-order valence-corrected chi connectivity index (χ1v) is 11.0. The highest BCUT2D eigenvalue weighted by Gasteiger charge is 2.14. The van der Waals surface area contributed by atoms with Crippen LogP contribution in [0.5, 0.6) is 11.5 Å². The van der Waals surface area contributed by atoms with Gasteiger partial charge in [0.05, 0.1) is 21.1 Å². The quantitative estimate of drug-likeness (QED) is 0.246. The van der Waals surface area contributed by atoms with E-state index in [1.807, 2.05) is 36.4 Å². The van der Waals surface area contributed by atoms with Gasteiger partial charge in [0.15, 0.2) is 0 Å². The van der Waals surface area contributed by atoms with Crippen molar-refractivity contribution in [2.45, 2.75) is 26.2 Å². The molecule has 0 heterocycles. The lowest BCUT2D eigenvalue weighted by Gasteiger charge is -2.12. The molecule has 0 aliphatic heterocycles. The molecule has 0 fully saturated rings. The van der Waals surface area contributed by atoms with Crippen LogP contribution in [0.1, 0.15) is 41.3 Å². The van der Waals surface area contributed by atoms with Gasteiger partial charge in [0, 0.05) is 6.42 Å². The summed E-state index contributed by atoms with van der Waals surface area (Å²) < 4.78 is 12.9. The Morgan fingerprint density at radius 3 is 2.24 bits per heavy atom. The van der Waals surface area contributed by atoms with Gasteiger partial charge in [-0.3, -0.25) is 0 Å². The van der Waals surface area contributed by atoms with Crippen LogP contribution < -0.4 is 9.47 Å². The average Bonchev–Trinajstić information content (AvgIpc) is 2.71. The SMILES string of the molecule is CC(C)c1ccc(OC(=O)c2ccc(OCCc3ccccc3)c(Br)c2)c(Br)c1. The third kappa shape index (κ3) is 5.94. The Bertz CT molecular complexity index is 985. The maximum atomic E-state index is 12.5. The lowest BCUT2D eigenvalue weighted by atomic mass is 10.0. The van der Waals surface area contributed by atoms with Crippen molar-refractivity contribution in [3.8, 4) is 11.5 Å². The average molecular weight is 518 g/mol. The predicted molar refractivity (Wildman–Crippen MR) is 123 cm³/mol. The van der Waals surface area contributed by atoms with E-state index >= 15 is 0 Å². The predicted octanol–water partition coefficient (Wildman–Crippen LogP) is 7.18. The molecule has 29 heavy (non-hydrogen) atoms. The number of esters is 1. The summed E-state index contributed by atoms with van der Waals surface area (Å²) in [7, 11) is 0. The van der Waals surface area contributed by atoms with Gasteiger partial charge in [-0.2, -0.15) is 0 Å². The van der Waals surface area contributed by atoms with Crippen LogP contribution in [0, 0.1) is 0 Å². The molecule has 0 spiro atoms. The van der Waals surface area contributed by atoms with Crippen molar-refractivity contribution in [2.24, 2.45) is 0 Å². The Hall–Kier alpha value is -2.11. The van der Waals surface area contributed by atoms with Gasteiger partial charge >= 0.3 is 5.97 Å². The first-order chi connectivity index (χ1) is 13.9. The van der Waals surface area contributed by atoms with E-state index in [0.29, 0.717) is 34.1 Å². The summed E-state index contributed by atoms with van der Waals surface area (Å²) in [5, 5.41) is 0. The van der Waals surface area contributed by atoms with E-state index in [-0.39, 0.29) is 0 Å². The first-order valence-electron chi connectivity index (χ1n) is 9.42. The topological polar surface area (TPSA) is 35.5 Å². The largest absolute Gasteiger partial charge is 0.492 e. The number of benzene rings is 3. The molecular weight excluding hydrogens is 496 g/mol. The molecule has 0 aliphatic rings. The molecule has 0 radical (unpaired) electrons. The fraction of sp³-hybridized carbons (Fsp3) is 0.208. The van der Waals surface area contributed by atoms with Crippen molar-refractivity contribution >= 4 is 37.8 Å². The monoisotopic (exact) mass is 516 g/mol. The minimum absolute atomic E-state index is 0.404. The second-order valence-electron chi connectivity index (χ2n) is 6.96. The number of carbonyl (C=O) groups excluding carboxylic acids is 1. The molecule has 0 saturated heterocycles. The molecule has 5 heteroatoms. The summed E-state index contributed by atoms with van der Waals surface area (Å²) in [4.78, 5) is 12.5. The third-order valence-electron chi connectivity index (χ3n) is 4.48. The van der Waals surface area contributed by atoms with Crippen molar-refractivity contribution in [3.63, 3.8) is 0 Å². The van der Waals surface area contributed by atoms with Crippen molar-refractivity contribution in [1.82, 2.24) is 0 Å². The van der Waals surface area contributed by atoms with Gasteiger partial charge in [-0.05, 0) is 79.2 Å². The molecule has 0 amide bonds. The van der Waals surface area contributed by atoms with Crippen LogP contribution in [0.2, 0.25) is 0 Å². The molecule has 0 atom stereocenters. The van der Waals surface area contributed by atoms with E-state index < -0.39 is 5.97 Å². The lowest BCUT2D eigenvalue weighted by molar-refractivity contribution is 0.0733. The fourth-order valence-electron chi connectivity index (χ4n) is 2.79. The highest BCUT2D eigenvalue weighted by molar-refractivity contribution is 9.10. The highest BCUT2D eigenvalue weighted by atomic mass is 79.9. The van der Waals surface area contributed by atoms with Crippen molar-refractivity contribution in [2.75, 3.05) is 6.61 Å². The van der Waals surface area contributed by atoms with E-state index in [2.05, 4.69) is 57.8 Å². The number of carbonyl (C=O) groups is 1. The minimum Gasteiger partial charge on any atom is -0.492 e. The molecule has 0 unspecified atom stereocenters. The Morgan fingerprint density at radius 2 is 1.59 bits per heavy atom. The molecule has 0 saturated carbocycles. The zero-order valence-electron chi connectivity index (χ0n) is 16.3. The molecule has 3 aromatic carbocycles. The maximum Gasteiger partial charge on any atom is 0.343 e. The normalized spacial score (nSPS) is 10.8. The third-order valence-corrected chi connectivity index (χ3v) is 5.72. The number of rotatable bonds is 7. The summed E-state index contributed by atoms with van der Waals surface area (Å²) in [5.74, 6) is 1.18. The molecule has 0 aromatic heterocycles. The number of halogens is 2. The number of ether oxygens (including phenoxy) is 2. The first kappa shape index (κ1) is 21.6. The minimum atomic E-state index is -0.417. The van der Waals surface area contributed by atoms with Crippen LogP contribution >= 0.6 is 31.9 Å². The number of hydrogen-bond donors (Lipinski definition) is 0. The molecule has 0 aliphatic carbocycles. The van der Waals surface area contributed by atoms with Gasteiger partial charge in [-0.1, -0.05) is 50.2 Å². The Kier molecular flexibility index (Phi) is 7.51. The van der Waals surface area contributed by atoms with E-state index in [4.69, 9.17) is 9.47 Å². The van der Waals surface area contributed by atoms with Gasteiger partial charge in [0.1, 0.15) is 11.5 Å². The highest BCUT2D eigenvalue weighted by Crippen LogP contribution is 2.31. The fourth-order valence-corrected chi connectivity index (χ4v) is 3.76. The molecule has 3 aromatic rings. The molecular formula is C24H22Br2O3. The van der Waals surface area contributed by atoms with E-state index in [0.717, 1.165) is 10.9 Å². The van der Waals surface area contributed by atoms with Crippen molar-refractivity contribution < 1.29 is 14.3 Å². The molecule has 150 valence electrons.